The van der Waals surface area contributed by atoms with Crippen molar-refractivity contribution in [3.63, 3.8) is 0 Å². The summed E-state index contributed by atoms with van der Waals surface area (Å²) in [4.78, 5) is 0. The van der Waals surface area contributed by atoms with E-state index in [0.29, 0.717) is 4.68 Å². The van der Waals surface area contributed by atoms with Gasteiger partial charge in [-0.15, -0.1) is 0 Å². The molecule has 0 aromatic carbocycles. The smallest absolute Gasteiger partial charge is 0.382 e. The van der Waals surface area contributed by atoms with Gasteiger partial charge < -0.3 is 5.11 Å². The molecule has 0 unspecified atom stereocenters. The Bertz CT molecular complexity index is 602. The summed E-state index contributed by atoms with van der Waals surface area (Å²) in [6.07, 6.45) is -12.9. The first-order valence-electron chi connectivity index (χ1n) is 7.03. The highest BCUT2D eigenvalue weighted by atomic mass is 19.4. The topological polar surface area (TPSA) is 38.1 Å². The van der Waals surface area contributed by atoms with E-state index in [1.54, 1.807) is 0 Å². The Morgan fingerprint density at radius 3 is 2.17 bits per heavy atom. The predicted octanol–water partition coefficient (Wildman–Crippen LogP) is 3.53. The van der Waals surface area contributed by atoms with Crippen LogP contribution in [0.4, 0.5) is 30.7 Å². The summed E-state index contributed by atoms with van der Waals surface area (Å²) < 4.78 is 93.9. The van der Waals surface area contributed by atoms with E-state index in [1.165, 1.54) is 0 Å². The fourth-order valence-corrected chi connectivity index (χ4v) is 3.34. The molecule has 0 bridgehead atoms. The highest BCUT2D eigenvalue weighted by molar-refractivity contribution is 5.38. The summed E-state index contributed by atoms with van der Waals surface area (Å²) in [7, 11) is 0. The molecule has 2 aliphatic carbocycles. The molecular weight excluding hydrogens is 333 g/mol. The van der Waals surface area contributed by atoms with Crippen molar-refractivity contribution in [3.05, 3.63) is 17.0 Å². The highest BCUT2D eigenvalue weighted by Crippen LogP contribution is 2.49. The quantitative estimate of drug-likeness (QED) is 0.790. The summed E-state index contributed by atoms with van der Waals surface area (Å²) in [5.41, 5.74) is -3.10. The van der Waals surface area contributed by atoms with Crippen LogP contribution in [0.2, 0.25) is 0 Å². The monoisotopic (exact) mass is 346 g/mol. The second-order valence-corrected chi connectivity index (χ2v) is 6.05. The Labute approximate surface area is 126 Å². The molecule has 1 saturated carbocycles. The standard InChI is InChI=1S/C13H13F7N2O/c14-5-1-6(15)3-7(2-5)22-8-4-12(16,17)11(23)9(8)10(21-22)13(18,19)20/h5-7,11,23H,1-4H2/t5-,6+,7+,11-/m0/s1. The Morgan fingerprint density at radius 2 is 1.65 bits per heavy atom. The molecule has 1 aromatic rings. The lowest BCUT2D eigenvalue weighted by Crippen LogP contribution is -2.30. The second kappa shape index (κ2) is 5.09. The summed E-state index contributed by atoms with van der Waals surface area (Å²) in [5.74, 6) is -3.77. The number of halogens is 7. The first kappa shape index (κ1) is 16.5. The molecule has 4 atom stereocenters. The zero-order valence-electron chi connectivity index (χ0n) is 11.6. The van der Waals surface area contributed by atoms with Crippen molar-refractivity contribution in [1.82, 2.24) is 9.78 Å². The zero-order chi connectivity index (χ0) is 17.2. The van der Waals surface area contributed by atoms with Crippen LogP contribution in [0.1, 0.15) is 48.4 Å². The molecule has 1 aromatic heterocycles. The zero-order valence-corrected chi connectivity index (χ0v) is 11.6. The summed E-state index contributed by atoms with van der Waals surface area (Å²) in [6.45, 7) is 0. The van der Waals surface area contributed by atoms with E-state index < -0.39 is 60.0 Å². The van der Waals surface area contributed by atoms with E-state index in [4.69, 9.17) is 0 Å². The van der Waals surface area contributed by atoms with Crippen LogP contribution in [0.3, 0.4) is 0 Å². The molecular formula is C13H13F7N2O. The third-order valence-electron chi connectivity index (χ3n) is 4.31. The van der Waals surface area contributed by atoms with Gasteiger partial charge in [0, 0.05) is 24.8 Å². The van der Waals surface area contributed by atoms with Crippen LogP contribution in [0.5, 0.6) is 0 Å². The molecule has 2 aliphatic rings. The highest BCUT2D eigenvalue weighted by Gasteiger charge is 2.55. The van der Waals surface area contributed by atoms with Crippen molar-refractivity contribution in [2.24, 2.45) is 0 Å². The lowest BCUT2D eigenvalue weighted by atomic mass is 9.92. The molecule has 0 aliphatic heterocycles. The maximum Gasteiger partial charge on any atom is 0.435 e. The van der Waals surface area contributed by atoms with Crippen LogP contribution >= 0.6 is 0 Å². The van der Waals surface area contributed by atoms with Crippen LogP contribution in [0.15, 0.2) is 0 Å². The van der Waals surface area contributed by atoms with Crippen LogP contribution in [-0.2, 0) is 12.6 Å². The average Bonchev–Trinajstić information content (AvgIpc) is 2.84. The number of aliphatic hydroxyl groups excluding tert-OH is 1. The molecule has 3 rings (SSSR count). The summed E-state index contributed by atoms with van der Waals surface area (Å²) in [6, 6.07) is -1.08. The number of aromatic nitrogens is 2. The molecule has 1 fully saturated rings. The first-order valence-corrected chi connectivity index (χ1v) is 7.03. The van der Waals surface area contributed by atoms with Crippen molar-refractivity contribution in [2.75, 3.05) is 0 Å². The van der Waals surface area contributed by atoms with Crippen LogP contribution in [0, 0.1) is 0 Å². The lowest BCUT2D eigenvalue weighted by Gasteiger charge is -2.28. The van der Waals surface area contributed by atoms with Crippen LogP contribution in [0.25, 0.3) is 0 Å². The van der Waals surface area contributed by atoms with Crippen LogP contribution in [-0.4, -0.2) is 33.2 Å². The van der Waals surface area contributed by atoms with E-state index in [-0.39, 0.29) is 19.3 Å². The first-order chi connectivity index (χ1) is 10.5. The predicted molar refractivity (Wildman–Crippen MR) is 63.5 cm³/mol. The van der Waals surface area contributed by atoms with Gasteiger partial charge in [0.25, 0.3) is 5.92 Å². The number of aliphatic hydroxyl groups is 1. The van der Waals surface area contributed by atoms with E-state index >= 15 is 0 Å². The number of fused-ring (bicyclic) bond motifs is 1. The van der Waals surface area contributed by atoms with Crippen molar-refractivity contribution in [2.45, 2.75) is 62.3 Å². The number of hydrogen-bond acceptors (Lipinski definition) is 2. The Kier molecular flexibility index (Phi) is 3.66. The normalized spacial score (nSPS) is 33.7. The minimum Gasteiger partial charge on any atom is -0.382 e. The van der Waals surface area contributed by atoms with Gasteiger partial charge in [0.05, 0.1) is 18.2 Å². The summed E-state index contributed by atoms with van der Waals surface area (Å²) >= 11 is 0. The fourth-order valence-electron chi connectivity index (χ4n) is 3.34. The second-order valence-electron chi connectivity index (χ2n) is 6.05. The van der Waals surface area contributed by atoms with Gasteiger partial charge in [0.15, 0.2) is 5.69 Å². The third kappa shape index (κ3) is 2.70. The van der Waals surface area contributed by atoms with Crippen molar-refractivity contribution in [1.29, 1.82) is 0 Å². The molecule has 1 heterocycles. The number of hydrogen-bond donors (Lipinski definition) is 1. The van der Waals surface area contributed by atoms with E-state index in [2.05, 4.69) is 5.10 Å². The number of alkyl halides is 7. The molecule has 0 radical (unpaired) electrons. The van der Waals surface area contributed by atoms with E-state index in [9.17, 15) is 35.8 Å². The number of rotatable bonds is 1. The summed E-state index contributed by atoms with van der Waals surface area (Å²) in [5, 5.41) is 12.8. The van der Waals surface area contributed by atoms with Crippen LogP contribution < -0.4 is 0 Å². The largest absolute Gasteiger partial charge is 0.435 e. The van der Waals surface area contributed by atoms with Gasteiger partial charge in [-0.1, -0.05) is 0 Å². The average molecular weight is 346 g/mol. The van der Waals surface area contributed by atoms with Gasteiger partial charge in [-0.05, 0) is 0 Å². The Hall–Kier alpha value is -1.32. The molecule has 1 N–H and O–H groups in total. The van der Waals surface area contributed by atoms with E-state index in [1.807, 2.05) is 0 Å². The van der Waals surface area contributed by atoms with Gasteiger partial charge in [-0.3, -0.25) is 4.68 Å². The Balaban J connectivity index is 2.08. The van der Waals surface area contributed by atoms with Gasteiger partial charge in [-0.2, -0.15) is 18.3 Å². The molecule has 0 amide bonds. The van der Waals surface area contributed by atoms with E-state index in [0.717, 1.165) is 0 Å². The van der Waals surface area contributed by atoms with Gasteiger partial charge >= 0.3 is 6.18 Å². The number of nitrogens with zero attached hydrogens (tertiary/aromatic N) is 2. The van der Waals surface area contributed by atoms with Gasteiger partial charge in [0.2, 0.25) is 0 Å². The van der Waals surface area contributed by atoms with Crippen molar-refractivity contribution >= 4 is 0 Å². The van der Waals surface area contributed by atoms with Crippen molar-refractivity contribution < 1.29 is 35.8 Å². The molecule has 0 spiro atoms. The molecule has 0 saturated heterocycles. The molecule has 10 heteroatoms. The fraction of sp³-hybridized carbons (Fsp3) is 0.769. The Morgan fingerprint density at radius 1 is 1.09 bits per heavy atom. The maximum absolute atomic E-state index is 13.6. The molecule has 130 valence electrons. The molecule has 3 nitrogen and oxygen atoms in total. The van der Waals surface area contributed by atoms with Gasteiger partial charge in [0.1, 0.15) is 18.4 Å². The van der Waals surface area contributed by atoms with Crippen molar-refractivity contribution in [3.8, 4) is 0 Å². The van der Waals surface area contributed by atoms with Gasteiger partial charge in [-0.25, -0.2) is 17.6 Å². The minimum absolute atomic E-state index is 0.298. The lowest BCUT2D eigenvalue weighted by molar-refractivity contribution is -0.146. The maximum atomic E-state index is 13.6. The minimum atomic E-state index is -5.05. The third-order valence-corrected chi connectivity index (χ3v) is 4.31. The molecule has 23 heavy (non-hydrogen) atoms. The SMILES string of the molecule is O[C@H]1c2c(C(F)(F)F)nn([C@H]3C[C@H](F)C[C@H](F)C3)c2CC1(F)F.